The molecule has 0 heterocycles. The quantitative estimate of drug-likeness (QED) is 0.681. The van der Waals surface area contributed by atoms with Crippen LogP contribution in [0.3, 0.4) is 0 Å². The molecule has 0 radical (unpaired) electrons. The van der Waals surface area contributed by atoms with Crippen LogP contribution in [0.15, 0.2) is 42.5 Å². The molecule has 0 saturated heterocycles. The van der Waals surface area contributed by atoms with Crippen molar-refractivity contribution in [3.63, 3.8) is 0 Å². The van der Waals surface area contributed by atoms with Gasteiger partial charge in [0.1, 0.15) is 11.3 Å². The van der Waals surface area contributed by atoms with E-state index in [0.717, 1.165) is 0 Å². The Morgan fingerprint density at radius 3 is 2.55 bits per heavy atom. The Morgan fingerprint density at radius 2 is 1.90 bits per heavy atom. The number of para-hydroxylation sites is 3. The molecule has 0 saturated carbocycles. The minimum absolute atomic E-state index is 0.00861. The monoisotopic (exact) mass is 273 g/mol. The van der Waals surface area contributed by atoms with Gasteiger partial charge in [-0.05, 0) is 24.6 Å². The first-order valence-corrected chi connectivity index (χ1v) is 5.75. The highest BCUT2D eigenvalue weighted by atomic mass is 16.6. The van der Waals surface area contributed by atoms with E-state index in [0.29, 0.717) is 5.56 Å². The molecule has 2 aromatic rings. The number of aryl methyl sites for hydroxylation is 1. The Kier molecular flexibility index (Phi) is 3.65. The van der Waals surface area contributed by atoms with Crippen LogP contribution in [-0.4, -0.2) is 16.0 Å². The number of carboxylic acids is 1. The van der Waals surface area contributed by atoms with Crippen molar-refractivity contribution in [1.82, 2.24) is 0 Å². The summed E-state index contributed by atoms with van der Waals surface area (Å²) in [7, 11) is 0. The van der Waals surface area contributed by atoms with Crippen molar-refractivity contribution >= 4 is 11.7 Å². The van der Waals surface area contributed by atoms with Crippen molar-refractivity contribution in [1.29, 1.82) is 0 Å². The van der Waals surface area contributed by atoms with Gasteiger partial charge in [-0.15, -0.1) is 0 Å². The van der Waals surface area contributed by atoms with Crippen LogP contribution in [0.2, 0.25) is 0 Å². The zero-order chi connectivity index (χ0) is 14.7. The number of ether oxygens (including phenoxy) is 1. The molecule has 102 valence electrons. The van der Waals surface area contributed by atoms with Crippen LogP contribution in [0, 0.1) is 17.0 Å². The van der Waals surface area contributed by atoms with Crippen molar-refractivity contribution in [2.45, 2.75) is 6.92 Å². The van der Waals surface area contributed by atoms with Crippen LogP contribution < -0.4 is 4.74 Å². The number of carboxylic acid groups (broad SMARTS) is 1. The highest BCUT2D eigenvalue weighted by molar-refractivity contribution is 5.91. The minimum Gasteiger partial charge on any atom is -0.478 e. The SMILES string of the molecule is Cc1cccc(C(=O)O)c1Oc1ccccc1[N+](=O)[O-]. The summed E-state index contributed by atoms with van der Waals surface area (Å²) in [5.74, 6) is -1.04. The molecular weight excluding hydrogens is 262 g/mol. The van der Waals surface area contributed by atoms with Crippen molar-refractivity contribution in [2.75, 3.05) is 0 Å². The summed E-state index contributed by atoms with van der Waals surface area (Å²) in [6.45, 7) is 1.68. The number of nitro groups is 1. The van der Waals surface area contributed by atoms with Crippen LogP contribution in [0.4, 0.5) is 5.69 Å². The molecule has 0 atom stereocenters. The van der Waals surface area contributed by atoms with Gasteiger partial charge >= 0.3 is 11.7 Å². The van der Waals surface area contributed by atoms with E-state index in [2.05, 4.69) is 0 Å². The van der Waals surface area contributed by atoms with Crippen molar-refractivity contribution in [3.05, 3.63) is 63.7 Å². The maximum Gasteiger partial charge on any atom is 0.339 e. The average Bonchev–Trinajstić information content (AvgIpc) is 2.41. The third kappa shape index (κ3) is 2.59. The highest BCUT2D eigenvalue weighted by Crippen LogP contribution is 2.34. The Morgan fingerprint density at radius 1 is 1.20 bits per heavy atom. The number of nitro benzene ring substituents is 1. The lowest BCUT2D eigenvalue weighted by Gasteiger charge is -2.11. The Labute approximate surface area is 114 Å². The molecule has 0 aliphatic rings. The fourth-order valence-corrected chi connectivity index (χ4v) is 1.76. The summed E-state index contributed by atoms with van der Waals surface area (Å²) in [5, 5.41) is 20.1. The molecular formula is C14H11NO5. The van der Waals surface area contributed by atoms with Gasteiger partial charge in [0.15, 0.2) is 0 Å². The van der Waals surface area contributed by atoms with Crippen LogP contribution in [-0.2, 0) is 0 Å². The zero-order valence-electron chi connectivity index (χ0n) is 10.6. The van der Waals surface area contributed by atoms with Crippen molar-refractivity contribution in [3.8, 4) is 11.5 Å². The van der Waals surface area contributed by atoms with Crippen LogP contribution in [0.5, 0.6) is 11.5 Å². The molecule has 1 N–H and O–H groups in total. The maximum atomic E-state index is 11.2. The summed E-state index contributed by atoms with van der Waals surface area (Å²) in [6, 6.07) is 10.5. The summed E-state index contributed by atoms with van der Waals surface area (Å²) in [6.07, 6.45) is 0. The van der Waals surface area contributed by atoms with E-state index in [1.165, 1.54) is 24.3 Å². The molecule has 0 aromatic heterocycles. The summed E-state index contributed by atoms with van der Waals surface area (Å²) < 4.78 is 5.47. The van der Waals surface area contributed by atoms with Gasteiger partial charge in [0.25, 0.3) is 0 Å². The lowest BCUT2D eigenvalue weighted by Crippen LogP contribution is -2.02. The number of hydrogen-bond donors (Lipinski definition) is 1. The molecule has 0 amide bonds. The van der Waals surface area contributed by atoms with Gasteiger partial charge in [-0.3, -0.25) is 10.1 Å². The van der Waals surface area contributed by atoms with E-state index in [1.807, 2.05) is 0 Å². The van der Waals surface area contributed by atoms with Crippen LogP contribution >= 0.6 is 0 Å². The first kappa shape index (κ1) is 13.5. The second-order valence-corrected chi connectivity index (χ2v) is 4.08. The van der Waals surface area contributed by atoms with Crippen LogP contribution in [0.1, 0.15) is 15.9 Å². The molecule has 20 heavy (non-hydrogen) atoms. The molecule has 0 bridgehead atoms. The van der Waals surface area contributed by atoms with Gasteiger partial charge in [-0.2, -0.15) is 0 Å². The number of benzene rings is 2. The summed E-state index contributed by atoms with van der Waals surface area (Å²) in [4.78, 5) is 21.5. The zero-order valence-corrected chi connectivity index (χ0v) is 10.6. The van der Waals surface area contributed by atoms with E-state index in [-0.39, 0.29) is 22.7 Å². The van der Waals surface area contributed by atoms with E-state index < -0.39 is 10.9 Å². The van der Waals surface area contributed by atoms with Crippen molar-refractivity contribution in [2.24, 2.45) is 0 Å². The van der Waals surface area contributed by atoms with Crippen LogP contribution in [0.25, 0.3) is 0 Å². The summed E-state index contributed by atoms with van der Waals surface area (Å²) >= 11 is 0. The minimum atomic E-state index is -1.15. The number of rotatable bonds is 4. The predicted molar refractivity (Wildman–Crippen MR) is 71.3 cm³/mol. The van der Waals surface area contributed by atoms with Gasteiger partial charge in [0.2, 0.25) is 5.75 Å². The number of hydrogen-bond acceptors (Lipinski definition) is 4. The molecule has 0 aliphatic heterocycles. The fourth-order valence-electron chi connectivity index (χ4n) is 1.76. The first-order chi connectivity index (χ1) is 9.50. The molecule has 0 fully saturated rings. The van der Waals surface area contributed by atoms with Gasteiger partial charge in [0.05, 0.1) is 4.92 Å². The smallest absolute Gasteiger partial charge is 0.339 e. The summed E-state index contributed by atoms with van der Waals surface area (Å²) in [5.41, 5.74) is 0.332. The van der Waals surface area contributed by atoms with Crippen molar-refractivity contribution < 1.29 is 19.6 Å². The number of aromatic carboxylic acids is 1. The Hall–Kier alpha value is -2.89. The third-order valence-electron chi connectivity index (χ3n) is 2.72. The lowest BCUT2D eigenvalue weighted by atomic mass is 10.1. The standard InChI is InChI=1S/C14H11NO5/c1-9-5-4-6-10(14(16)17)13(9)20-12-8-3-2-7-11(12)15(18)19/h2-8H,1H3,(H,16,17). The van der Waals surface area contributed by atoms with Gasteiger partial charge in [-0.1, -0.05) is 24.3 Å². The second kappa shape index (κ2) is 5.40. The van der Waals surface area contributed by atoms with Gasteiger partial charge in [-0.25, -0.2) is 4.79 Å². The largest absolute Gasteiger partial charge is 0.478 e. The van der Waals surface area contributed by atoms with E-state index >= 15 is 0 Å². The molecule has 0 spiro atoms. The number of carbonyl (C=O) groups is 1. The maximum absolute atomic E-state index is 11.2. The Bertz CT molecular complexity index is 681. The van der Waals surface area contributed by atoms with E-state index in [1.54, 1.807) is 25.1 Å². The second-order valence-electron chi connectivity index (χ2n) is 4.08. The van der Waals surface area contributed by atoms with E-state index in [4.69, 9.17) is 9.84 Å². The normalized spacial score (nSPS) is 10.1. The fraction of sp³-hybridized carbons (Fsp3) is 0.0714. The topological polar surface area (TPSA) is 89.7 Å². The molecule has 0 unspecified atom stereocenters. The molecule has 2 rings (SSSR count). The van der Waals surface area contributed by atoms with Gasteiger partial charge < -0.3 is 9.84 Å². The molecule has 0 aliphatic carbocycles. The van der Waals surface area contributed by atoms with Gasteiger partial charge in [0, 0.05) is 6.07 Å². The number of nitrogens with zero attached hydrogens (tertiary/aromatic N) is 1. The average molecular weight is 273 g/mol. The molecule has 6 heteroatoms. The molecule has 6 nitrogen and oxygen atoms in total. The lowest BCUT2D eigenvalue weighted by molar-refractivity contribution is -0.385. The Balaban J connectivity index is 2.51. The van der Waals surface area contributed by atoms with E-state index in [9.17, 15) is 14.9 Å². The molecule has 2 aromatic carbocycles. The predicted octanol–water partition coefficient (Wildman–Crippen LogP) is 3.39. The first-order valence-electron chi connectivity index (χ1n) is 5.75. The third-order valence-corrected chi connectivity index (χ3v) is 2.72. The highest BCUT2D eigenvalue weighted by Gasteiger charge is 2.19.